The first-order valence-electron chi connectivity index (χ1n) is 8.41. The quantitative estimate of drug-likeness (QED) is 0.452. The number of nitrogens with one attached hydrogen (secondary N) is 1. The number of pyridine rings is 1. The number of aromatic nitrogens is 1. The lowest BCUT2D eigenvalue weighted by Gasteiger charge is -2.21. The molecular formula is C20H17F2N3O3. The molecule has 1 N–H and O–H groups in total. The van der Waals surface area contributed by atoms with E-state index in [1.54, 1.807) is 12.3 Å². The minimum atomic E-state index is -3.17. The summed E-state index contributed by atoms with van der Waals surface area (Å²) in [5, 5.41) is 14.3. The molecule has 3 aromatic rings. The average Bonchev–Trinajstić information content (AvgIpc) is 2.66. The summed E-state index contributed by atoms with van der Waals surface area (Å²) < 4.78 is 29.6. The van der Waals surface area contributed by atoms with Crippen LogP contribution in [0.25, 0.3) is 0 Å². The fourth-order valence-electron chi connectivity index (χ4n) is 2.84. The van der Waals surface area contributed by atoms with Gasteiger partial charge in [-0.1, -0.05) is 35.9 Å². The first kappa shape index (κ1) is 19.2. The van der Waals surface area contributed by atoms with Crippen molar-refractivity contribution in [2.45, 2.75) is 19.6 Å². The van der Waals surface area contributed by atoms with Crippen LogP contribution in [0.4, 0.5) is 20.2 Å². The van der Waals surface area contributed by atoms with Gasteiger partial charge in [0.2, 0.25) is 5.75 Å². The number of nitro groups is 1. The summed E-state index contributed by atoms with van der Waals surface area (Å²) in [5.41, 5.74) is 2.52. The van der Waals surface area contributed by atoms with Gasteiger partial charge in [0.15, 0.2) is 0 Å². The number of aryl methyl sites for hydroxylation is 1. The maximum atomic E-state index is 12.7. The van der Waals surface area contributed by atoms with E-state index in [9.17, 15) is 18.9 Å². The van der Waals surface area contributed by atoms with Gasteiger partial charge in [-0.2, -0.15) is 8.78 Å². The lowest BCUT2D eigenvalue weighted by atomic mass is 10.0. The van der Waals surface area contributed by atoms with Gasteiger partial charge in [-0.3, -0.25) is 15.1 Å². The molecular weight excluding hydrogens is 368 g/mol. The molecule has 28 heavy (non-hydrogen) atoms. The van der Waals surface area contributed by atoms with Crippen LogP contribution in [0.3, 0.4) is 0 Å². The fraction of sp³-hybridized carbons (Fsp3) is 0.150. The molecule has 0 spiro atoms. The Bertz CT molecular complexity index is 968. The van der Waals surface area contributed by atoms with Crippen molar-refractivity contribution < 1.29 is 18.4 Å². The summed E-state index contributed by atoms with van der Waals surface area (Å²) in [6.45, 7) is -1.21. The van der Waals surface area contributed by atoms with E-state index in [-0.39, 0.29) is 6.04 Å². The molecule has 0 saturated heterocycles. The van der Waals surface area contributed by atoms with Gasteiger partial charge in [-0.15, -0.1) is 0 Å². The molecule has 1 heterocycles. The predicted molar refractivity (Wildman–Crippen MR) is 101 cm³/mol. The lowest BCUT2D eigenvalue weighted by molar-refractivity contribution is -0.386. The van der Waals surface area contributed by atoms with Gasteiger partial charge in [0.1, 0.15) is 0 Å². The largest absolute Gasteiger partial charge is 0.427 e. The van der Waals surface area contributed by atoms with Gasteiger partial charge >= 0.3 is 12.3 Å². The molecule has 1 unspecified atom stereocenters. The monoisotopic (exact) mass is 385 g/mol. The highest BCUT2D eigenvalue weighted by atomic mass is 19.3. The molecule has 0 amide bonds. The van der Waals surface area contributed by atoms with Gasteiger partial charge in [-0.05, 0) is 30.7 Å². The molecule has 3 rings (SSSR count). The number of ether oxygens (including phenoxy) is 1. The van der Waals surface area contributed by atoms with E-state index < -0.39 is 23.0 Å². The molecule has 2 aromatic carbocycles. The summed E-state index contributed by atoms with van der Waals surface area (Å²) in [7, 11) is 0. The fourth-order valence-corrected chi connectivity index (χ4v) is 2.84. The normalized spacial score (nSPS) is 11.9. The van der Waals surface area contributed by atoms with Crippen molar-refractivity contribution in [3.8, 4) is 5.75 Å². The van der Waals surface area contributed by atoms with Gasteiger partial charge in [0, 0.05) is 24.0 Å². The van der Waals surface area contributed by atoms with Crippen LogP contribution in [-0.2, 0) is 0 Å². The zero-order valence-corrected chi connectivity index (χ0v) is 14.9. The van der Waals surface area contributed by atoms with Crippen LogP contribution in [0.15, 0.2) is 66.9 Å². The van der Waals surface area contributed by atoms with Crippen molar-refractivity contribution in [2.24, 2.45) is 0 Å². The number of hydrogen-bond acceptors (Lipinski definition) is 5. The Labute approximate surface area is 160 Å². The highest BCUT2D eigenvalue weighted by Gasteiger charge is 2.21. The third-order valence-corrected chi connectivity index (χ3v) is 4.04. The maximum absolute atomic E-state index is 12.7. The summed E-state index contributed by atoms with van der Waals surface area (Å²) in [4.78, 5) is 14.7. The van der Waals surface area contributed by atoms with Gasteiger partial charge < -0.3 is 10.1 Å². The van der Waals surface area contributed by atoms with Crippen LogP contribution in [0.1, 0.15) is 22.9 Å². The zero-order valence-electron chi connectivity index (χ0n) is 14.9. The standard InChI is InChI=1S/C20H17F2N3O3/c1-13-5-4-6-14(11-13)19(16-7-2-3-10-23-16)24-15-8-9-17(25(26)27)18(12-15)28-20(21)22/h2-12,19-20,24H,1H3. The Morgan fingerprint density at radius 1 is 1.11 bits per heavy atom. The molecule has 0 aliphatic carbocycles. The smallest absolute Gasteiger partial charge is 0.387 e. The second kappa shape index (κ2) is 8.43. The number of hydrogen-bond donors (Lipinski definition) is 1. The highest BCUT2D eigenvalue weighted by molar-refractivity contribution is 5.59. The Balaban J connectivity index is 2.00. The molecule has 1 aromatic heterocycles. The van der Waals surface area contributed by atoms with Crippen molar-refractivity contribution in [1.29, 1.82) is 0 Å². The molecule has 6 nitrogen and oxygen atoms in total. The number of nitrogens with zero attached hydrogens (tertiary/aromatic N) is 2. The second-order valence-corrected chi connectivity index (χ2v) is 6.06. The lowest BCUT2D eigenvalue weighted by Crippen LogP contribution is -2.14. The Hall–Kier alpha value is -3.55. The molecule has 0 aliphatic heterocycles. The third-order valence-electron chi connectivity index (χ3n) is 4.04. The number of benzene rings is 2. The van der Waals surface area contributed by atoms with Crippen LogP contribution >= 0.6 is 0 Å². The first-order chi connectivity index (χ1) is 13.4. The minimum Gasteiger partial charge on any atom is -0.427 e. The predicted octanol–water partition coefficient (Wildman–Crippen LogP) is 5.10. The number of alkyl halides is 2. The molecule has 0 fully saturated rings. The maximum Gasteiger partial charge on any atom is 0.387 e. The summed E-state index contributed by atoms with van der Waals surface area (Å²) in [5.74, 6) is -0.506. The molecule has 0 radical (unpaired) electrons. The van der Waals surface area contributed by atoms with Crippen LogP contribution in [0, 0.1) is 17.0 Å². The SMILES string of the molecule is Cc1cccc(C(Nc2ccc([N+](=O)[O-])c(OC(F)F)c2)c2ccccn2)c1. The molecule has 144 valence electrons. The zero-order chi connectivity index (χ0) is 20.1. The van der Waals surface area contributed by atoms with Crippen molar-refractivity contribution in [3.63, 3.8) is 0 Å². The van der Waals surface area contributed by atoms with Crippen molar-refractivity contribution >= 4 is 11.4 Å². The van der Waals surface area contributed by atoms with E-state index in [1.165, 1.54) is 12.1 Å². The molecule has 0 aliphatic rings. The molecule has 0 bridgehead atoms. The number of nitro benzene ring substituents is 1. The second-order valence-electron chi connectivity index (χ2n) is 6.06. The van der Waals surface area contributed by atoms with E-state index in [1.807, 2.05) is 43.3 Å². The average molecular weight is 385 g/mol. The van der Waals surface area contributed by atoms with Crippen LogP contribution in [-0.4, -0.2) is 16.5 Å². The Morgan fingerprint density at radius 3 is 2.57 bits per heavy atom. The van der Waals surface area contributed by atoms with Crippen LogP contribution in [0.5, 0.6) is 5.75 Å². The van der Waals surface area contributed by atoms with Crippen LogP contribution in [0.2, 0.25) is 0 Å². The summed E-state index contributed by atoms with van der Waals surface area (Å²) in [6.07, 6.45) is 1.65. The van der Waals surface area contributed by atoms with Crippen molar-refractivity contribution in [1.82, 2.24) is 4.98 Å². The van der Waals surface area contributed by atoms with Crippen molar-refractivity contribution in [2.75, 3.05) is 5.32 Å². The molecule has 1 atom stereocenters. The van der Waals surface area contributed by atoms with E-state index in [0.29, 0.717) is 11.4 Å². The van der Waals surface area contributed by atoms with E-state index in [0.717, 1.165) is 17.2 Å². The number of rotatable bonds is 7. The molecule has 8 heteroatoms. The highest BCUT2D eigenvalue weighted by Crippen LogP contribution is 2.34. The van der Waals surface area contributed by atoms with E-state index >= 15 is 0 Å². The Morgan fingerprint density at radius 2 is 1.93 bits per heavy atom. The van der Waals surface area contributed by atoms with Crippen molar-refractivity contribution in [3.05, 3.63) is 93.8 Å². The van der Waals surface area contributed by atoms with E-state index in [4.69, 9.17) is 0 Å². The summed E-state index contributed by atoms with van der Waals surface area (Å²) in [6, 6.07) is 16.6. The van der Waals surface area contributed by atoms with Gasteiger partial charge in [0.05, 0.1) is 16.7 Å². The number of halogens is 2. The minimum absolute atomic E-state index is 0.387. The third kappa shape index (κ3) is 4.59. The summed E-state index contributed by atoms with van der Waals surface area (Å²) >= 11 is 0. The first-order valence-corrected chi connectivity index (χ1v) is 8.41. The van der Waals surface area contributed by atoms with Gasteiger partial charge in [-0.25, -0.2) is 0 Å². The Kier molecular flexibility index (Phi) is 5.78. The molecule has 0 saturated carbocycles. The van der Waals surface area contributed by atoms with E-state index in [2.05, 4.69) is 15.0 Å². The number of anilines is 1. The topological polar surface area (TPSA) is 77.3 Å². The van der Waals surface area contributed by atoms with Crippen LogP contribution < -0.4 is 10.1 Å². The van der Waals surface area contributed by atoms with Gasteiger partial charge in [0.25, 0.3) is 0 Å².